The van der Waals surface area contributed by atoms with E-state index in [4.69, 9.17) is 0 Å². The molecule has 2 aromatic rings. The smallest absolute Gasteiger partial charge is 0.325 e. The van der Waals surface area contributed by atoms with Gasteiger partial charge in [-0.2, -0.15) is 0 Å². The molecule has 0 aromatic carbocycles. The van der Waals surface area contributed by atoms with E-state index in [1.165, 1.54) is 18.5 Å². The van der Waals surface area contributed by atoms with Gasteiger partial charge in [-0.25, -0.2) is 9.78 Å². The van der Waals surface area contributed by atoms with E-state index in [1.807, 2.05) is 0 Å². The van der Waals surface area contributed by atoms with Crippen LogP contribution in [-0.2, 0) is 32.4 Å². The number of aryl methyl sites for hydroxylation is 2. The van der Waals surface area contributed by atoms with Gasteiger partial charge in [0, 0.05) is 21.1 Å². The van der Waals surface area contributed by atoms with Crippen LogP contribution in [0.4, 0.5) is 0 Å². The molecule has 2 aromatic heterocycles. The van der Waals surface area contributed by atoms with E-state index in [2.05, 4.69) is 4.98 Å². The van der Waals surface area contributed by atoms with Gasteiger partial charge in [-0.1, -0.05) is 0 Å². The molecular weight excluding hydrogens is 236 g/mol. The fourth-order valence-corrected chi connectivity index (χ4v) is 1.94. The second kappa shape index (κ2) is 3.94. The zero-order valence-corrected chi connectivity index (χ0v) is 10.7. The first-order chi connectivity index (χ1) is 8.34. The summed E-state index contributed by atoms with van der Waals surface area (Å²) in [6.07, 6.45) is 0.141. The summed E-state index contributed by atoms with van der Waals surface area (Å²) in [5.41, 5.74) is -0.199. The summed E-state index contributed by atoms with van der Waals surface area (Å²) < 4.78 is 3.90. The van der Waals surface area contributed by atoms with Gasteiger partial charge in [-0.15, -0.1) is 0 Å². The Morgan fingerprint density at radius 3 is 2.28 bits per heavy atom. The first-order valence-electron chi connectivity index (χ1n) is 5.45. The van der Waals surface area contributed by atoms with Gasteiger partial charge in [0.1, 0.15) is 11.6 Å². The van der Waals surface area contributed by atoms with Gasteiger partial charge in [-0.05, 0) is 6.92 Å². The van der Waals surface area contributed by atoms with Crippen LogP contribution >= 0.6 is 0 Å². The van der Waals surface area contributed by atoms with Crippen LogP contribution in [0.5, 0.6) is 0 Å². The molecule has 0 atom stereocenters. The van der Waals surface area contributed by atoms with E-state index < -0.39 is 11.2 Å². The number of carbonyl (C=O) groups excluding carboxylic acids is 1. The summed E-state index contributed by atoms with van der Waals surface area (Å²) in [6.45, 7) is 1.45. The second-order valence-corrected chi connectivity index (χ2v) is 4.34. The monoisotopic (exact) mass is 250 g/mol. The predicted molar refractivity (Wildman–Crippen MR) is 65.6 cm³/mol. The Hall–Kier alpha value is -2.18. The quantitative estimate of drug-likeness (QED) is 0.692. The van der Waals surface area contributed by atoms with Crippen molar-refractivity contribution in [2.45, 2.75) is 13.3 Å². The maximum Gasteiger partial charge on any atom is 0.332 e. The Bertz CT molecular complexity index is 763. The zero-order valence-electron chi connectivity index (χ0n) is 10.7. The fourth-order valence-electron chi connectivity index (χ4n) is 1.94. The van der Waals surface area contributed by atoms with Crippen molar-refractivity contribution in [2.24, 2.45) is 21.1 Å². The highest BCUT2D eigenvalue weighted by Crippen LogP contribution is 2.09. The predicted octanol–water partition coefficient (Wildman–Crippen LogP) is -0.898. The molecule has 0 radical (unpaired) electrons. The molecule has 0 aliphatic heterocycles. The van der Waals surface area contributed by atoms with Crippen molar-refractivity contribution in [3.8, 4) is 0 Å². The third kappa shape index (κ3) is 1.59. The van der Waals surface area contributed by atoms with Crippen molar-refractivity contribution in [3.05, 3.63) is 26.7 Å². The summed E-state index contributed by atoms with van der Waals surface area (Å²) in [4.78, 5) is 39.1. The Morgan fingerprint density at radius 1 is 1.11 bits per heavy atom. The summed E-state index contributed by atoms with van der Waals surface area (Å²) in [5.74, 6) is 0.436. The lowest BCUT2D eigenvalue weighted by atomic mass is 10.3. The average molecular weight is 250 g/mol. The maximum absolute atomic E-state index is 12.0. The number of hydrogen-bond acceptors (Lipinski definition) is 4. The summed E-state index contributed by atoms with van der Waals surface area (Å²) in [6, 6.07) is 0. The van der Waals surface area contributed by atoms with E-state index in [1.54, 1.807) is 18.7 Å². The topological polar surface area (TPSA) is 78.9 Å². The minimum atomic E-state index is -0.431. The molecular formula is C11H14N4O3. The normalized spacial score (nSPS) is 11.1. The summed E-state index contributed by atoms with van der Waals surface area (Å²) in [7, 11) is 4.63. The molecule has 0 amide bonds. The first-order valence-corrected chi connectivity index (χ1v) is 5.45. The number of hydrogen-bond donors (Lipinski definition) is 0. The number of fused-ring (bicyclic) bond motifs is 1. The third-order valence-corrected chi connectivity index (χ3v) is 2.98. The van der Waals surface area contributed by atoms with Gasteiger partial charge in [0.2, 0.25) is 0 Å². The van der Waals surface area contributed by atoms with Crippen molar-refractivity contribution < 1.29 is 4.79 Å². The minimum absolute atomic E-state index is 0.0461. The highest BCUT2D eigenvalue weighted by atomic mass is 16.2. The van der Waals surface area contributed by atoms with Crippen molar-refractivity contribution in [2.75, 3.05) is 0 Å². The fraction of sp³-hybridized carbons (Fsp3) is 0.455. The van der Waals surface area contributed by atoms with Crippen LogP contribution in [0.15, 0.2) is 9.59 Å². The van der Waals surface area contributed by atoms with Gasteiger partial charge < -0.3 is 4.57 Å². The highest BCUT2D eigenvalue weighted by molar-refractivity contribution is 5.79. The van der Waals surface area contributed by atoms with Gasteiger partial charge in [0.15, 0.2) is 11.2 Å². The van der Waals surface area contributed by atoms with Crippen molar-refractivity contribution in [3.63, 3.8) is 0 Å². The number of ketones is 1. The van der Waals surface area contributed by atoms with Crippen LogP contribution in [0.3, 0.4) is 0 Å². The highest BCUT2D eigenvalue weighted by Gasteiger charge is 2.17. The van der Waals surface area contributed by atoms with Crippen LogP contribution in [0.25, 0.3) is 11.2 Å². The zero-order chi connectivity index (χ0) is 13.6. The van der Waals surface area contributed by atoms with E-state index in [9.17, 15) is 14.4 Å². The van der Waals surface area contributed by atoms with Crippen molar-refractivity contribution >= 4 is 16.9 Å². The number of carbonyl (C=O) groups is 1. The summed E-state index contributed by atoms with van der Waals surface area (Å²) >= 11 is 0. The SMILES string of the molecule is CC(=O)Cc1nc2c(c(=O)n(C)c(=O)n2C)n1C. The molecule has 0 fully saturated rings. The molecule has 0 saturated carbocycles. The molecule has 0 saturated heterocycles. The van der Waals surface area contributed by atoms with E-state index in [-0.39, 0.29) is 12.2 Å². The van der Waals surface area contributed by atoms with E-state index in [0.29, 0.717) is 17.0 Å². The largest absolute Gasteiger partial charge is 0.332 e. The molecule has 0 unspecified atom stereocenters. The van der Waals surface area contributed by atoms with Gasteiger partial charge in [0.05, 0.1) is 6.42 Å². The van der Waals surface area contributed by atoms with E-state index >= 15 is 0 Å². The lowest BCUT2D eigenvalue weighted by Crippen LogP contribution is -2.37. The minimum Gasteiger partial charge on any atom is -0.325 e. The molecule has 0 N–H and O–H groups in total. The van der Waals surface area contributed by atoms with Crippen LogP contribution in [0, 0.1) is 0 Å². The third-order valence-electron chi connectivity index (χ3n) is 2.98. The molecule has 7 nitrogen and oxygen atoms in total. The number of Topliss-reactive ketones (excluding diaryl/α,β-unsaturated/α-hetero) is 1. The van der Waals surface area contributed by atoms with Crippen molar-refractivity contribution in [1.29, 1.82) is 0 Å². The maximum atomic E-state index is 12.0. The Balaban J connectivity index is 2.93. The number of aromatic nitrogens is 4. The number of imidazole rings is 1. The Morgan fingerprint density at radius 2 is 1.72 bits per heavy atom. The van der Waals surface area contributed by atoms with Crippen molar-refractivity contribution in [1.82, 2.24) is 18.7 Å². The van der Waals surface area contributed by atoms with Gasteiger partial charge in [0.25, 0.3) is 5.56 Å². The molecule has 0 spiro atoms. The van der Waals surface area contributed by atoms with Gasteiger partial charge in [-0.3, -0.25) is 18.7 Å². The second-order valence-electron chi connectivity index (χ2n) is 4.34. The van der Waals surface area contributed by atoms with Crippen LogP contribution < -0.4 is 11.2 Å². The van der Waals surface area contributed by atoms with Crippen LogP contribution in [0.1, 0.15) is 12.7 Å². The average Bonchev–Trinajstić information content (AvgIpc) is 2.61. The molecule has 0 bridgehead atoms. The lowest BCUT2D eigenvalue weighted by molar-refractivity contribution is -0.116. The molecule has 0 aliphatic carbocycles. The Kier molecular flexibility index (Phi) is 2.68. The molecule has 18 heavy (non-hydrogen) atoms. The molecule has 96 valence electrons. The number of rotatable bonds is 2. The molecule has 0 aliphatic rings. The van der Waals surface area contributed by atoms with Crippen LogP contribution in [0.2, 0.25) is 0 Å². The first kappa shape index (κ1) is 12.3. The molecule has 7 heteroatoms. The summed E-state index contributed by atoms with van der Waals surface area (Å²) in [5, 5.41) is 0. The lowest BCUT2D eigenvalue weighted by Gasteiger charge is -2.03. The molecule has 2 heterocycles. The molecule has 2 rings (SSSR count). The standard InChI is InChI=1S/C11H14N4O3/c1-6(16)5-7-12-9-8(13(7)2)10(17)15(4)11(18)14(9)3/h5H2,1-4H3. The van der Waals surface area contributed by atoms with Gasteiger partial charge >= 0.3 is 5.69 Å². The Labute approximate surface area is 102 Å². The van der Waals surface area contributed by atoms with E-state index in [0.717, 1.165) is 4.57 Å². The van der Waals surface area contributed by atoms with Crippen LogP contribution in [-0.4, -0.2) is 24.5 Å². The number of nitrogens with zero attached hydrogens (tertiary/aromatic N) is 4.